The van der Waals surface area contributed by atoms with Crippen molar-refractivity contribution in [3.63, 3.8) is 0 Å². The molecule has 11 atom stereocenters. The van der Waals surface area contributed by atoms with Crippen LogP contribution < -0.4 is 76.1 Å². The molecule has 0 radical (unpaired) electrons. The molecule has 20 N–H and O–H groups in total. The summed E-state index contributed by atoms with van der Waals surface area (Å²) in [5, 5.41) is 45.9. The minimum absolute atomic E-state index is 0.00881. The van der Waals surface area contributed by atoms with Gasteiger partial charge in [-0.25, -0.2) is 0 Å². The predicted molar refractivity (Wildman–Crippen MR) is 315 cm³/mol. The molecule has 0 saturated carbocycles. The second-order valence-electron chi connectivity index (χ2n) is 20.3. The van der Waals surface area contributed by atoms with E-state index in [4.69, 9.17) is 22.9 Å². The van der Waals surface area contributed by atoms with Crippen LogP contribution in [-0.2, 0) is 62.3 Å². The van der Waals surface area contributed by atoms with Crippen LogP contribution in [0.4, 0.5) is 0 Å². The summed E-state index contributed by atoms with van der Waals surface area (Å²) in [5.74, 6) is -15.1. The number of nitrogens with zero attached hydrogens (tertiary/aromatic N) is 2. The van der Waals surface area contributed by atoms with Crippen LogP contribution in [0.3, 0.4) is 0 Å². The Morgan fingerprint density at radius 2 is 1.11 bits per heavy atom. The van der Waals surface area contributed by atoms with Crippen molar-refractivity contribution in [2.45, 2.75) is 165 Å². The zero-order chi connectivity index (χ0) is 62.6. The number of aliphatic imine (C=N–C) groups is 1. The highest BCUT2D eigenvalue weighted by molar-refractivity contribution is 8.77. The van der Waals surface area contributed by atoms with Crippen molar-refractivity contribution in [2.24, 2.45) is 33.8 Å². The number of amides is 12. The maximum Gasteiger partial charge on any atom is 0.305 e. The van der Waals surface area contributed by atoms with Crippen LogP contribution in [0, 0.1) is 5.92 Å². The van der Waals surface area contributed by atoms with Gasteiger partial charge < -0.3 is 91.2 Å². The average Bonchev–Trinajstić information content (AvgIpc) is 4.12. The van der Waals surface area contributed by atoms with Crippen LogP contribution in [0.1, 0.15) is 98.3 Å². The first-order valence-corrected chi connectivity index (χ1v) is 32.5. The number of hydrogen-bond donors (Lipinski definition) is 16. The van der Waals surface area contributed by atoms with E-state index in [0.29, 0.717) is 25.7 Å². The molecule has 12 amide bonds. The molecular weight excluding hydrogens is 1180 g/mol. The number of carbonyl (C=O) groups excluding carboxylic acids is 12. The zero-order valence-electron chi connectivity index (χ0n) is 47.4. The molecule has 0 aromatic rings. The zero-order valence-corrected chi connectivity index (χ0v) is 50.7. The van der Waals surface area contributed by atoms with Gasteiger partial charge in [0.05, 0.1) is 19.6 Å². The van der Waals surface area contributed by atoms with Crippen LogP contribution >= 0.6 is 43.2 Å². The molecule has 3 saturated heterocycles. The Hall–Kier alpha value is -6.30. The van der Waals surface area contributed by atoms with Crippen molar-refractivity contribution in [2.75, 3.05) is 49.3 Å². The standard InChI is InChI=1S/C49H82N16O15S4/c1-5-7-11-25-40(72)61-30(38(51)70)20-81-83-22-32-44(76)60-29(19-66)42(74)59-28(17-36(68)69)48(80)65-16-10-14-34(65)46(78)57-27(13-9-15-54-49(52)53)41(73)62-33(23-84-82-21-31(43(75)63-32)55-35(67)18-50)45(77)64-37(24(3)4)47(79)58-26(12-8-6-2)39(71)56-25/h24-34,37,66H,5-23,50H2,1-4H3,(H2,51,70)(H,55,67)(H,56,71)(H,57,78)(H,58,79)(H,59,74)(H,60,76)(H,61,72)(H,62,73)(H,63,75)(H,64,77)(H,68,69)(H4,52,53,54)/t25-,26-,27-,28-,29-,30-,31-,32-,33-,34-,37-/m0/s1. The molecule has 3 rings (SSSR count). The minimum Gasteiger partial charge on any atom is -0.481 e. The molecule has 0 aromatic carbocycles. The molecule has 0 unspecified atom stereocenters. The molecule has 2 bridgehead atoms. The number of unbranched alkanes of at least 4 members (excludes halogenated alkanes) is 2. The highest BCUT2D eigenvalue weighted by Gasteiger charge is 2.42. The second-order valence-corrected chi connectivity index (χ2v) is 25.4. The molecule has 31 nitrogen and oxygen atoms in total. The third-order valence-electron chi connectivity index (χ3n) is 13.3. The number of hydrogen-bond acceptors (Lipinski definition) is 20. The summed E-state index contributed by atoms with van der Waals surface area (Å²) in [6.07, 6.45) is 1.31. The first-order valence-electron chi connectivity index (χ1n) is 27.5. The molecule has 0 spiro atoms. The second kappa shape index (κ2) is 37.2. The van der Waals surface area contributed by atoms with Crippen LogP contribution in [-0.4, -0.2) is 214 Å². The van der Waals surface area contributed by atoms with E-state index in [2.05, 4.69) is 58.2 Å². The summed E-state index contributed by atoms with van der Waals surface area (Å²) in [4.78, 5) is 186. The molecule has 3 aliphatic heterocycles. The van der Waals surface area contributed by atoms with Gasteiger partial charge in [0, 0.05) is 36.1 Å². The van der Waals surface area contributed by atoms with Crippen molar-refractivity contribution in [3.8, 4) is 0 Å². The van der Waals surface area contributed by atoms with E-state index >= 15 is 0 Å². The van der Waals surface area contributed by atoms with Crippen LogP contribution in [0.5, 0.6) is 0 Å². The summed E-state index contributed by atoms with van der Waals surface area (Å²) in [7, 11) is 3.62. The van der Waals surface area contributed by atoms with E-state index in [1.54, 1.807) is 13.8 Å². The predicted octanol–water partition coefficient (Wildman–Crippen LogP) is -5.38. The van der Waals surface area contributed by atoms with Gasteiger partial charge in [-0.15, -0.1) is 0 Å². The molecule has 35 heteroatoms. The molecule has 0 aliphatic carbocycles. The van der Waals surface area contributed by atoms with Crippen molar-refractivity contribution in [3.05, 3.63) is 0 Å². The smallest absolute Gasteiger partial charge is 0.305 e. The van der Waals surface area contributed by atoms with Gasteiger partial charge in [-0.1, -0.05) is 96.6 Å². The Balaban J connectivity index is 2.34. The lowest BCUT2D eigenvalue weighted by Crippen LogP contribution is -2.61. The van der Waals surface area contributed by atoms with E-state index in [9.17, 15) is 72.5 Å². The summed E-state index contributed by atoms with van der Waals surface area (Å²) in [5.41, 5.74) is 22.4. The maximum absolute atomic E-state index is 14.7. The van der Waals surface area contributed by atoms with Gasteiger partial charge in [-0.2, -0.15) is 0 Å². The number of primary amides is 1. The fraction of sp³-hybridized carbons (Fsp3) is 0.714. The van der Waals surface area contributed by atoms with Gasteiger partial charge in [0.2, 0.25) is 70.9 Å². The topological polar surface area (TPSA) is 502 Å². The lowest BCUT2D eigenvalue weighted by atomic mass is 10.0. The normalized spacial score (nSPS) is 27.4. The number of carboxylic acids is 1. The third-order valence-corrected chi connectivity index (χ3v) is 18.1. The maximum atomic E-state index is 14.7. The molecule has 3 heterocycles. The molecule has 3 fully saturated rings. The number of rotatable bonds is 17. The van der Waals surface area contributed by atoms with Crippen molar-refractivity contribution in [1.82, 2.24) is 58.1 Å². The highest BCUT2D eigenvalue weighted by atomic mass is 33.1. The van der Waals surface area contributed by atoms with E-state index in [-0.39, 0.29) is 80.6 Å². The minimum atomic E-state index is -1.91. The largest absolute Gasteiger partial charge is 0.481 e. The van der Waals surface area contributed by atoms with Crippen molar-refractivity contribution < 1.29 is 72.5 Å². The lowest BCUT2D eigenvalue weighted by Gasteiger charge is -2.31. The Morgan fingerprint density at radius 3 is 1.65 bits per heavy atom. The van der Waals surface area contributed by atoms with Gasteiger partial charge in [-0.05, 0) is 44.4 Å². The lowest BCUT2D eigenvalue weighted by molar-refractivity contribution is -0.146. The number of fused-ring (bicyclic) bond motifs is 9. The Bertz CT molecular complexity index is 2380. The fourth-order valence-electron chi connectivity index (χ4n) is 8.61. The van der Waals surface area contributed by atoms with Crippen LogP contribution in [0.25, 0.3) is 0 Å². The van der Waals surface area contributed by atoms with Gasteiger partial charge in [0.1, 0.15) is 66.5 Å². The van der Waals surface area contributed by atoms with Crippen molar-refractivity contribution in [1.29, 1.82) is 0 Å². The number of carbonyl (C=O) groups is 13. The highest BCUT2D eigenvalue weighted by Crippen LogP contribution is 2.26. The number of guanidine groups is 1. The summed E-state index contributed by atoms with van der Waals surface area (Å²) >= 11 is 0. The van der Waals surface area contributed by atoms with Crippen molar-refractivity contribution >= 4 is 126 Å². The van der Waals surface area contributed by atoms with Gasteiger partial charge in [-0.3, -0.25) is 67.3 Å². The van der Waals surface area contributed by atoms with Gasteiger partial charge in [0.15, 0.2) is 5.96 Å². The number of nitrogens with two attached hydrogens (primary N) is 4. The molecule has 472 valence electrons. The molecular formula is C49H82N16O15S4. The first kappa shape index (κ1) is 72.0. The average molecular weight is 1260 g/mol. The van der Waals surface area contributed by atoms with Gasteiger partial charge in [0.25, 0.3) is 0 Å². The van der Waals surface area contributed by atoms with Crippen LogP contribution in [0.2, 0.25) is 0 Å². The SMILES string of the molecule is CCCC[C@@H]1NC(=O)[C@H](CCCC)NC(=O)[C@H](C(C)C)NC(=O)[C@@H]2CSSC[C@H](NC(=O)CN)C(=O)N[C@@H](CSSC[C@@H](C(N)=O)NC1=O)C(=O)N[C@@H](CO)C(=O)N[C@@H](CC(=O)O)C(=O)N1CCC[C@H]1C(=O)N[C@@H](CCCN=C(N)N)C(=O)N2. The van der Waals surface area contributed by atoms with E-state index in [1.165, 1.54) is 0 Å². The van der Waals surface area contributed by atoms with E-state index in [1.807, 2.05) is 13.8 Å². The Labute approximate surface area is 502 Å². The van der Waals surface area contributed by atoms with E-state index in [0.717, 1.165) is 48.1 Å². The van der Waals surface area contributed by atoms with Crippen LogP contribution in [0.15, 0.2) is 4.99 Å². The molecule has 3 aliphatic rings. The Kier molecular flexibility index (Phi) is 31.9. The quantitative estimate of drug-likeness (QED) is 0.0280. The first-order chi connectivity index (χ1) is 39.8. The Morgan fingerprint density at radius 1 is 0.619 bits per heavy atom. The molecule has 84 heavy (non-hydrogen) atoms. The van der Waals surface area contributed by atoms with E-state index < -0.39 is 169 Å². The number of aliphatic carboxylic acids is 1. The van der Waals surface area contributed by atoms with Gasteiger partial charge >= 0.3 is 5.97 Å². The monoisotopic (exact) mass is 1260 g/mol. The summed E-state index contributed by atoms with van der Waals surface area (Å²) in [6.45, 7) is 5.04. The molecule has 0 aromatic heterocycles. The third kappa shape index (κ3) is 24.0. The summed E-state index contributed by atoms with van der Waals surface area (Å²) < 4.78 is 0. The number of carboxylic acid groups (broad SMARTS) is 1. The number of aliphatic hydroxyl groups is 1. The number of nitrogens with one attached hydrogen (secondary N) is 10. The fourth-order valence-corrected chi connectivity index (χ4v) is 13.3. The number of aliphatic hydroxyl groups excluding tert-OH is 1. The summed E-state index contributed by atoms with van der Waals surface area (Å²) in [6, 6.07) is -16.6.